The number of aryl methyl sites for hydroxylation is 1. The minimum absolute atomic E-state index is 0.0466. The van der Waals surface area contributed by atoms with Crippen molar-refractivity contribution in [2.45, 2.75) is 31.7 Å². The van der Waals surface area contributed by atoms with Crippen molar-refractivity contribution >= 4 is 29.2 Å². The van der Waals surface area contributed by atoms with Crippen LogP contribution >= 0.6 is 11.6 Å². The van der Waals surface area contributed by atoms with Gasteiger partial charge in [0, 0.05) is 43.2 Å². The normalized spacial score (nSPS) is 14.2. The number of carbonyl (C=O) groups is 2. The Morgan fingerprint density at radius 1 is 1.06 bits per heavy atom. The number of rotatable bonds is 6. The summed E-state index contributed by atoms with van der Waals surface area (Å²) in [7, 11) is 0. The third-order valence-corrected chi connectivity index (χ3v) is 5.76. The Kier molecular flexibility index (Phi) is 7.07. The predicted molar refractivity (Wildman–Crippen MR) is 123 cm³/mol. The first kappa shape index (κ1) is 21.9. The molecule has 1 aliphatic rings. The van der Waals surface area contributed by atoms with Crippen LogP contribution in [0.25, 0.3) is 11.3 Å². The Bertz CT molecular complexity index is 1060. The zero-order valence-electron chi connectivity index (χ0n) is 17.6. The van der Waals surface area contributed by atoms with Crippen molar-refractivity contribution in [2.75, 3.05) is 18.4 Å². The molecule has 2 N–H and O–H groups in total. The number of para-hydroxylation sites is 1. The average Bonchev–Trinajstić information content (AvgIpc) is 3.28. The zero-order chi connectivity index (χ0) is 22.3. The molecule has 2 aromatic carbocycles. The van der Waals surface area contributed by atoms with Gasteiger partial charge < -0.3 is 20.0 Å². The summed E-state index contributed by atoms with van der Waals surface area (Å²) in [4.78, 5) is 30.8. The highest BCUT2D eigenvalue weighted by Gasteiger charge is 2.24. The Labute approximate surface area is 191 Å². The van der Waals surface area contributed by atoms with Crippen molar-refractivity contribution in [1.29, 1.82) is 0 Å². The van der Waals surface area contributed by atoms with Crippen LogP contribution in [0.5, 0.6) is 0 Å². The molecule has 3 amide bonds. The van der Waals surface area contributed by atoms with Crippen LogP contribution in [0.15, 0.2) is 65.2 Å². The smallest absolute Gasteiger partial charge is 0.321 e. The zero-order valence-corrected chi connectivity index (χ0v) is 18.3. The van der Waals surface area contributed by atoms with Crippen LogP contribution in [0.4, 0.5) is 10.5 Å². The van der Waals surface area contributed by atoms with Gasteiger partial charge in [0.25, 0.3) is 0 Å². The van der Waals surface area contributed by atoms with E-state index < -0.39 is 0 Å². The fraction of sp³-hybridized carbons (Fsp3) is 0.292. The lowest BCUT2D eigenvalue weighted by Crippen LogP contribution is -2.47. The van der Waals surface area contributed by atoms with E-state index in [4.69, 9.17) is 16.0 Å². The van der Waals surface area contributed by atoms with Gasteiger partial charge in [0.15, 0.2) is 11.7 Å². The summed E-state index contributed by atoms with van der Waals surface area (Å²) in [5.74, 6) is 1.05. The lowest BCUT2D eigenvalue weighted by Gasteiger charge is -2.32. The fourth-order valence-corrected chi connectivity index (χ4v) is 3.91. The molecule has 0 aliphatic carbocycles. The summed E-state index contributed by atoms with van der Waals surface area (Å²) in [5, 5.41) is 6.55. The minimum atomic E-state index is -0.112. The Balaban J connectivity index is 1.20. The molecule has 1 fully saturated rings. The first-order valence-corrected chi connectivity index (χ1v) is 11.1. The highest BCUT2D eigenvalue weighted by Crippen LogP contribution is 2.28. The first-order chi connectivity index (χ1) is 15.6. The molecule has 0 spiro atoms. The standard InChI is InChI=1S/C24H25ClN4O3/c25-20-9-5-4-8-19(20)21-16-26-23(32-21)11-10-22(30)27-18-12-14-29(15-13-18)24(31)28-17-6-2-1-3-7-17/h1-9,16,18H,10-15H2,(H,27,30)(H,28,31). The topological polar surface area (TPSA) is 87.5 Å². The van der Waals surface area contributed by atoms with E-state index in [1.807, 2.05) is 48.5 Å². The van der Waals surface area contributed by atoms with Crippen LogP contribution < -0.4 is 10.6 Å². The molecule has 166 valence electrons. The molecule has 0 saturated carbocycles. The van der Waals surface area contributed by atoms with Gasteiger partial charge in [-0.15, -0.1) is 0 Å². The molecule has 0 radical (unpaired) electrons. The van der Waals surface area contributed by atoms with Crippen LogP contribution in [-0.2, 0) is 11.2 Å². The van der Waals surface area contributed by atoms with Crippen molar-refractivity contribution in [3.63, 3.8) is 0 Å². The number of likely N-dealkylation sites (tertiary alicyclic amines) is 1. The molecule has 3 aromatic rings. The van der Waals surface area contributed by atoms with Crippen molar-refractivity contribution in [3.8, 4) is 11.3 Å². The molecule has 8 heteroatoms. The van der Waals surface area contributed by atoms with E-state index in [0.29, 0.717) is 36.2 Å². The monoisotopic (exact) mass is 452 g/mol. The van der Waals surface area contributed by atoms with Crippen LogP contribution in [0, 0.1) is 0 Å². The maximum atomic E-state index is 12.4. The van der Waals surface area contributed by atoms with Gasteiger partial charge >= 0.3 is 6.03 Å². The minimum Gasteiger partial charge on any atom is -0.441 e. The number of halogens is 1. The SMILES string of the molecule is O=C(CCc1ncc(-c2ccccc2Cl)o1)NC1CCN(C(=O)Nc2ccccc2)CC1. The Morgan fingerprint density at radius 3 is 2.53 bits per heavy atom. The van der Waals surface area contributed by atoms with Crippen molar-refractivity contribution in [1.82, 2.24) is 15.2 Å². The maximum Gasteiger partial charge on any atom is 0.321 e. The largest absolute Gasteiger partial charge is 0.441 e. The van der Waals surface area contributed by atoms with Gasteiger partial charge in [0.05, 0.1) is 11.2 Å². The van der Waals surface area contributed by atoms with Gasteiger partial charge in [-0.05, 0) is 37.1 Å². The van der Waals surface area contributed by atoms with Gasteiger partial charge in [-0.1, -0.05) is 41.9 Å². The number of hydrogen-bond donors (Lipinski definition) is 2. The molecule has 0 unspecified atom stereocenters. The number of piperidine rings is 1. The molecule has 1 aromatic heterocycles. The summed E-state index contributed by atoms with van der Waals surface area (Å²) < 4.78 is 5.75. The number of carbonyl (C=O) groups excluding carboxylic acids is 2. The van der Waals surface area contributed by atoms with Gasteiger partial charge in [0.2, 0.25) is 5.91 Å². The second-order valence-corrected chi connectivity index (χ2v) is 8.13. The molecule has 4 rings (SSSR count). The van der Waals surface area contributed by atoms with Crippen molar-refractivity contribution in [2.24, 2.45) is 0 Å². The van der Waals surface area contributed by atoms with Crippen LogP contribution in [0.1, 0.15) is 25.2 Å². The molecule has 2 heterocycles. The molecule has 0 atom stereocenters. The fourth-order valence-electron chi connectivity index (χ4n) is 3.68. The van der Waals surface area contributed by atoms with Gasteiger partial charge in [-0.2, -0.15) is 0 Å². The Morgan fingerprint density at radius 2 is 1.78 bits per heavy atom. The number of nitrogens with one attached hydrogen (secondary N) is 2. The van der Waals surface area contributed by atoms with Crippen molar-refractivity contribution < 1.29 is 14.0 Å². The van der Waals surface area contributed by atoms with E-state index in [1.165, 1.54) is 0 Å². The summed E-state index contributed by atoms with van der Waals surface area (Å²) in [6.07, 6.45) is 3.78. The van der Waals surface area contributed by atoms with E-state index >= 15 is 0 Å². The predicted octanol–water partition coefficient (Wildman–Crippen LogP) is 4.74. The molecule has 1 aliphatic heterocycles. The van der Waals surface area contributed by atoms with Gasteiger partial charge in [0.1, 0.15) is 0 Å². The highest BCUT2D eigenvalue weighted by atomic mass is 35.5. The molecule has 7 nitrogen and oxygen atoms in total. The maximum absolute atomic E-state index is 12.4. The van der Waals surface area contributed by atoms with Crippen molar-refractivity contribution in [3.05, 3.63) is 71.7 Å². The number of urea groups is 1. The van der Waals surface area contributed by atoms with E-state index in [-0.39, 0.29) is 24.4 Å². The van der Waals surface area contributed by atoms with Crippen LogP contribution in [0.2, 0.25) is 5.02 Å². The van der Waals surface area contributed by atoms with E-state index in [2.05, 4.69) is 15.6 Å². The third-order valence-electron chi connectivity index (χ3n) is 5.43. The van der Waals surface area contributed by atoms with Gasteiger partial charge in [-0.25, -0.2) is 9.78 Å². The second-order valence-electron chi connectivity index (χ2n) is 7.72. The number of amides is 3. The van der Waals surface area contributed by atoms with Crippen LogP contribution in [-0.4, -0.2) is 41.0 Å². The molecular formula is C24H25ClN4O3. The lowest BCUT2D eigenvalue weighted by molar-refractivity contribution is -0.122. The lowest BCUT2D eigenvalue weighted by atomic mass is 10.0. The highest BCUT2D eigenvalue weighted by molar-refractivity contribution is 6.33. The van der Waals surface area contributed by atoms with E-state index in [1.54, 1.807) is 17.2 Å². The summed E-state index contributed by atoms with van der Waals surface area (Å²) >= 11 is 6.19. The molecule has 32 heavy (non-hydrogen) atoms. The van der Waals surface area contributed by atoms with Crippen LogP contribution in [0.3, 0.4) is 0 Å². The molecular weight excluding hydrogens is 428 g/mol. The molecule has 1 saturated heterocycles. The quantitative estimate of drug-likeness (QED) is 0.565. The first-order valence-electron chi connectivity index (χ1n) is 10.7. The van der Waals surface area contributed by atoms with Gasteiger partial charge in [-0.3, -0.25) is 4.79 Å². The number of nitrogens with zero attached hydrogens (tertiary/aromatic N) is 2. The number of oxazole rings is 1. The Hall–Kier alpha value is -3.32. The van der Waals surface area contributed by atoms with E-state index in [0.717, 1.165) is 24.1 Å². The number of benzene rings is 2. The number of aromatic nitrogens is 1. The third kappa shape index (κ3) is 5.68. The second kappa shape index (κ2) is 10.3. The van der Waals surface area contributed by atoms with E-state index in [9.17, 15) is 9.59 Å². The molecule has 0 bridgehead atoms. The summed E-state index contributed by atoms with van der Waals surface area (Å²) in [5.41, 5.74) is 1.55. The summed E-state index contributed by atoms with van der Waals surface area (Å²) in [6.45, 7) is 1.20. The number of hydrogen-bond acceptors (Lipinski definition) is 4. The average molecular weight is 453 g/mol. The number of anilines is 1. The summed E-state index contributed by atoms with van der Waals surface area (Å²) in [6, 6.07) is 16.7.